The molecule has 1 saturated carbocycles. The zero-order chi connectivity index (χ0) is 14.8. The van der Waals surface area contributed by atoms with Crippen molar-refractivity contribution in [1.29, 1.82) is 0 Å². The maximum Gasteiger partial charge on any atom is 0.412 e. The van der Waals surface area contributed by atoms with E-state index in [0.29, 0.717) is 6.61 Å². The number of carbonyl (C=O) groups is 1. The quantitative estimate of drug-likeness (QED) is 0.779. The van der Waals surface area contributed by atoms with Gasteiger partial charge in [-0.15, -0.1) is 0 Å². The van der Waals surface area contributed by atoms with Crippen LogP contribution in [0.4, 0.5) is 4.79 Å². The number of likely N-dealkylation sites (tertiary alicyclic amines) is 1. The highest BCUT2D eigenvalue weighted by Crippen LogP contribution is 2.30. The lowest BCUT2D eigenvalue weighted by molar-refractivity contribution is -0.0522. The lowest BCUT2D eigenvalue weighted by Crippen LogP contribution is -2.46. The van der Waals surface area contributed by atoms with Crippen LogP contribution in [0.25, 0.3) is 0 Å². The molecule has 0 spiro atoms. The molecule has 116 valence electrons. The minimum absolute atomic E-state index is 0.0635. The Balaban J connectivity index is 1.89. The molecule has 5 nitrogen and oxygen atoms in total. The zero-order valence-electron chi connectivity index (χ0n) is 13.1. The van der Waals surface area contributed by atoms with Crippen LogP contribution in [0.2, 0.25) is 0 Å². The van der Waals surface area contributed by atoms with E-state index in [9.17, 15) is 4.79 Å². The molecule has 20 heavy (non-hydrogen) atoms. The third kappa shape index (κ3) is 4.35. The maximum atomic E-state index is 12.3. The van der Waals surface area contributed by atoms with Gasteiger partial charge in [0.25, 0.3) is 0 Å². The van der Waals surface area contributed by atoms with E-state index in [0.717, 1.165) is 25.4 Å². The molecule has 2 atom stereocenters. The molecule has 0 radical (unpaired) electrons. The molecule has 1 saturated heterocycles. The number of ether oxygens (including phenoxy) is 3. The van der Waals surface area contributed by atoms with Crippen LogP contribution in [-0.2, 0) is 14.2 Å². The Bertz CT molecular complexity index is 335. The van der Waals surface area contributed by atoms with Gasteiger partial charge in [-0.3, -0.25) is 4.90 Å². The van der Waals surface area contributed by atoms with Gasteiger partial charge in [0.2, 0.25) is 0 Å². The van der Waals surface area contributed by atoms with Gasteiger partial charge in [0.05, 0.1) is 12.6 Å². The number of nitrogens with zero attached hydrogens (tertiary/aromatic N) is 1. The highest BCUT2D eigenvalue weighted by Gasteiger charge is 2.39. The summed E-state index contributed by atoms with van der Waals surface area (Å²) >= 11 is 0. The molecule has 1 aliphatic carbocycles. The first-order valence-corrected chi connectivity index (χ1v) is 7.52. The van der Waals surface area contributed by atoms with Crippen molar-refractivity contribution >= 4 is 6.09 Å². The van der Waals surface area contributed by atoms with Crippen molar-refractivity contribution in [2.75, 3.05) is 20.3 Å². The molecule has 2 unspecified atom stereocenters. The molecule has 0 aromatic carbocycles. The van der Waals surface area contributed by atoms with Crippen LogP contribution in [0.15, 0.2) is 0 Å². The van der Waals surface area contributed by atoms with Crippen molar-refractivity contribution in [3.63, 3.8) is 0 Å². The fourth-order valence-electron chi connectivity index (χ4n) is 2.48. The SMILES string of the molecule is COC1CCC(COCC2CC2)N1C(=O)OC(C)(C)C. The van der Waals surface area contributed by atoms with E-state index < -0.39 is 5.60 Å². The standard InChI is InChI=1S/C15H27NO4/c1-15(2,3)20-14(17)16-12(7-8-13(16)18-4)10-19-9-11-5-6-11/h11-13H,5-10H2,1-4H3. The first-order chi connectivity index (χ1) is 9.40. The summed E-state index contributed by atoms with van der Waals surface area (Å²) in [5.74, 6) is 0.740. The van der Waals surface area contributed by atoms with Gasteiger partial charge >= 0.3 is 6.09 Å². The average Bonchev–Trinajstić information content (AvgIpc) is 3.05. The zero-order valence-corrected chi connectivity index (χ0v) is 13.1. The van der Waals surface area contributed by atoms with Gasteiger partial charge < -0.3 is 14.2 Å². The molecule has 0 aromatic heterocycles. The summed E-state index contributed by atoms with van der Waals surface area (Å²) in [5.41, 5.74) is -0.489. The van der Waals surface area contributed by atoms with E-state index in [-0.39, 0.29) is 18.4 Å². The number of amides is 1. The smallest absolute Gasteiger partial charge is 0.412 e. The van der Waals surface area contributed by atoms with Crippen molar-refractivity contribution in [3.05, 3.63) is 0 Å². The molecule has 1 aliphatic heterocycles. The summed E-state index contributed by atoms with van der Waals surface area (Å²) in [4.78, 5) is 14.0. The highest BCUT2D eigenvalue weighted by molar-refractivity contribution is 5.69. The predicted octanol–water partition coefficient (Wildman–Crippen LogP) is 2.79. The molecule has 1 heterocycles. The number of hydrogen-bond acceptors (Lipinski definition) is 4. The van der Waals surface area contributed by atoms with Crippen molar-refractivity contribution in [2.24, 2.45) is 5.92 Å². The topological polar surface area (TPSA) is 48.0 Å². The van der Waals surface area contributed by atoms with Crippen molar-refractivity contribution in [2.45, 2.75) is 64.3 Å². The van der Waals surface area contributed by atoms with Gasteiger partial charge in [-0.25, -0.2) is 4.79 Å². The summed E-state index contributed by atoms with van der Waals surface area (Å²) in [6, 6.07) is 0.0635. The Morgan fingerprint density at radius 3 is 2.40 bits per heavy atom. The fourth-order valence-corrected chi connectivity index (χ4v) is 2.48. The van der Waals surface area contributed by atoms with Gasteiger partial charge in [0, 0.05) is 13.7 Å². The molecule has 1 amide bonds. The van der Waals surface area contributed by atoms with E-state index in [1.807, 2.05) is 20.8 Å². The van der Waals surface area contributed by atoms with Crippen LogP contribution in [0.1, 0.15) is 46.5 Å². The second kappa shape index (κ2) is 6.31. The van der Waals surface area contributed by atoms with Crippen LogP contribution in [-0.4, -0.2) is 49.2 Å². The van der Waals surface area contributed by atoms with Crippen LogP contribution >= 0.6 is 0 Å². The third-order valence-corrected chi connectivity index (χ3v) is 3.69. The summed E-state index contributed by atoms with van der Waals surface area (Å²) in [6.45, 7) is 7.02. The van der Waals surface area contributed by atoms with E-state index in [2.05, 4.69) is 0 Å². The number of carbonyl (C=O) groups excluding carboxylic acids is 1. The molecule has 0 bridgehead atoms. The maximum absolute atomic E-state index is 12.3. The molecule has 2 aliphatic rings. The normalized spacial score (nSPS) is 26.9. The summed E-state index contributed by atoms with van der Waals surface area (Å²) < 4.78 is 16.6. The summed E-state index contributed by atoms with van der Waals surface area (Å²) in [5, 5.41) is 0. The number of rotatable bonds is 5. The van der Waals surface area contributed by atoms with Gasteiger partial charge in [0.15, 0.2) is 0 Å². The molecular formula is C15H27NO4. The largest absolute Gasteiger partial charge is 0.444 e. The van der Waals surface area contributed by atoms with E-state index in [1.54, 1.807) is 12.0 Å². The van der Waals surface area contributed by atoms with Crippen LogP contribution in [0.5, 0.6) is 0 Å². The monoisotopic (exact) mass is 285 g/mol. The molecule has 2 rings (SSSR count). The van der Waals surface area contributed by atoms with Crippen LogP contribution in [0, 0.1) is 5.92 Å². The molecule has 0 N–H and O–H groups in total. The molecule has 0 aromatic rings. The first kappa shape index (κ1) is 15.6. The Morgan fingerprint density at radius 1 is 1.15 bits per heavy atom. The number of methoxy groups -OCH3 is 1. The Kier molecular flexibility index (Phi) is 4.91. The minimum Gasteiger partial charge on any atom is -0.444 e. The first-order valence-electron chi connectivity index (χ1n) is 7.52. The van der Waals surface area contributed by atoms with Crippen molar-refractivity contribution in [3.8, 4) is 0 Å². The van der Waals surface area contributed by atoms with Gasteiger partial charge in [-0.2, -0.15) is 0 Å². The molecule has 2 fully saturated rings. The molecular weight excluding hydrogens is 258 g/mol. The highest BCUT2D eigenvalue weighted by atomic mass is 16.6. The van der Waals surface area contributed by atoms with Gasteiger partial charge in [0.1, 0.15) is 11.8 Å². The molecule has 5 heteroatoms. The van der Waals surface area contributed by atoms with E-state index in [1.165, 1.54) is 12.8 Å². The Morgan fingerprint density at radius 2 is 1.85 bits per heavy atom. The van der Waals surface area contributed by atoms with E-state index >= 15 is 0 Å². The minimum atomic E-state index is -0.489. The lowest BCUT2D eigenvalue weighted by atomic mass is 10.2. The summed E-state index contributed by atoms with van der Waals surface area (Å²) in [7, 11) is 1.63. The predicted molar refractivity (Wildman–Crippen MR) is 75.4 cm³/mol. The second-order valence-electron chi connectivity index (χ2n) is 6.79. The summed E-state index contributed by atoms with van der Waals surface area (Å²) in [6.07, 6.45) is 3.80. The second-order valence-corrected chi connectivity index (χ2v) is 6.79. The van der Waals surface area contributed by atoms with Crippen molar-refractivity contribution in [1.82, 2.24) is 4.90 Å². The van der Waals surface area contributed by atoms with Gasteiger partial charge in [-0.1, -0.05) is 0 Å². The van der Waals surface area contributed by atoms with Gasteiger partial charge in [-0.05, 0) is 52.4 Å². The van der Waals surface area contributed by atoms with E-state index in [4.69, 9.17) is 14.2 Å². The average molecular weight is 285 g/mol. The van der Waals surface area contributed by atoms with Crippen LogP contribution < -0.4 is 0 Å². The Labute approximate surface area is 121 Å². The number of hydrogen-bond donors (Lipinski definition) is 0. The fraction of sp³-hybridized carbons (Fsp3) is 0.933. The van der Waals surface area contributed by atoms with Crippen LogP contribution in [0.3, 0.4) is 0 Å². The third-order valence-electron chi connectivity index (χ3n) is 3.69. The Hall–Kier alpha value is -0.810. The lowest BCUT2D eigenvalue weighted by Gasteiger charge is -2.31. The van der Waals surface area contributed by atoms with Crippen molar-refractivity contribution < 1.29 is 19.0 Å².